The molecule has 2 aromatic carbocycles. The second kappa shape index (κ2) is 8.53. The fourth-order valence-electron chi connectivity index (χ4n) is 2.26. The van der Waals surface area contributed by atoms with E-state index in [1.54, 1.807) is 6.07 Å². The van der Waals surface area contributed by atoms with Crippen molar-refractivity contribution in [1.29, 1.82) is 0 Å². The molecule has 0 fully saturated rings. The van der Waals surface area contributed by atoms with Gasteiger partial charge in [0.2, 0.25) is 0 Å². The standard InChI is InChI=1S/C19H20ClNO4/c1-12-4-6-14(7-5-12)13(2)21-18(22)11-25-19(23)16-9-8-15(20)10-17(16)24-3/h4-10,13H,11H2,1-3H3,(H,21,22). The number of amides is 1. The predicted octanol–water partition coefficient (Wildman–Crippen LogP) is 3.69. The molecule has 2 aromatic rings. The van der Waals surface area contributed by atoms with Gasteiger partial charge in [-0.2, -0.15) is 0 Å². The van der Waals surface area contributed by atoms with E-state index >= 15 is 0 Å². The van der Waals surface area contributed by atoms with E-state index in [2.05, 4.69) is 5.32 Å². The number of carbonyl (C=O) groups excluding carboxylic acids is 2. The zero-order valence-corrected chi connectivity index (χ0v) is 15.1. The predicted molar refractivity (Wildman–Crippen MR) is 96.0 cm³/mol. The van der Waals surface area contributed by atoms with Gasteiger partial charge in [-0.25, -0.2) is 4.79 Å². The molecule has 0 spiro atoms. The summed E-state index contributed by atoms with van der Waals surface area (Å²) in [6, 6.07) is 12.2. The lowest BCUT2D eigenvalue weighted by molar-refractivity contribution is -0.124. The Kier molecular flexibility index (Phi) is 6.42. The van der Waals surface area contributed by atoms with Gasteiger partial charge < -0.3 is 14.8 Å². The van der Waals surface area contributed by atoms with Crippen LogP contribution < -0.4 is 10.1 Å². The molecule has 0 bridgehead atoms. The van der Waals surface area contributed by atoms with E-state index in [0.717, 1.165) is 11.1 Å². The molecule has 0 saturated heterocycles. The minimum Gasteiger partial charge on any atom is -0.496 e. The quantitative estimate of drug-likeness (QED) is 0.797. The van der Waals surface area contributed by atoms with Gasteiger partial charge in [0.15, 0.2) is 6.61 Å². The largest absolute Gasteiger partial charge is 0.496 e. The lowest BCUT2D eigenvalue weighted by atomic mass is 10.1. The number of hydrogen-bond donors (Lipinski definition) is 1. The van der Waals surface area contributed by atoms with Crippen LogP contribution in [0.1, 0.15) is 34.5 Å². The maximum atomic E-state index is 12.1. The number of rotatable bonds is 6. The normalized spacial score (nSPS) is 11.5. The Morgan fingerprint density at radius 3 is 2.48 bits per heavy atom. The summed E-state index contributed by atoms with van der Waals surface area (Å²) in [4.78, 5) is 24.1. The van der Waals surface area contributed by atoms with Crippen molar-refractivity contribution in [2.75, 3.05) is 13.7 Å². The minimum atomic E-state index is -0.647. The maximum Gasteiger partial charge on any atom is 0.342 e. The van der Waals surface area contributed by atoms with Crippen molar-refractivity contribution in [3.8, 4) is 5.75 Å². The molecule has 0 heterocycles. The van der Waals surface area contributed by atoms with Crippen molar-refractivity contribution >= 4 is 23.5 Å². The van der Waals surface area contributed by atoms with Crippen molar-refractivity contribution in [2.45, 2.75) is 19.9 Å². The van der Waals surface area contributed by atoms with Gasteiger partial charge in [-0.05, 0) is 37.6 Å². The van der Waals surface area contributed by atoms with Crippen LogP contribution >= 0.6 is 11.6 Å². The number of ether oxygens (including phenoxy) is 2. The van der Waals surface area contributed by atoms with E-state index in [4.69, 9.17) is 21.1 Å². The molecule has 1 unspecified atom stereocenters. The van der Waals surface area contributed by atoms with Crippen LogP contribution in [0.25, 0.3) is 0 Å². The fourth-order valence-corrected chi connectivity index (χ4v) is 2.43. The van der Waals surface area contributed by atoms with Crippen LogP contribution in [0.15, 0.2) is 42.5 Å². The first-order valence-electron chi connectivity index (χ1n) is 7.77. The number of benzene rings is 2. The Balaban J connectivity index is 1.91. The van der Waals surface area contributed by atoms with Crippen molar-refractivity contribution in [1.82, 2.24) is 5.32 Å². The third-order valence-electron chi connectivity index (χ3n) is 3.67. The van der Waals surface area contributed by atoms with Gasteiger partial charge in [0.25, 0.3) is 5.91 Å². The number of aryl methyl sites for hydroxylation is 1. The third kappa shape index (κ3) is 5.22. The summed E-state index contributed by atoms with van der Waals surface area (Å²) < 4.78 is 10.2. The second-order valence-electron chi connectivity index (χ2n) is 5.62. The minimum absolute atomic E-state index is 0.183. The molecular weight excluding hydrogens is 342 g/mol. The first-order valence-corrected chi connectivity index (χ1v) is 8.15. The second-order valence-corrected chi connectivity index (χ2v) is 6.06. The monoisotopic (exact) mass is 361 g/mol. The van der Waals surface area contributed by atoms with Crippen LogP contribution in [0.4, 0.5) is 0 Å². The Morgan fingerprint density at radius 1 is 1.16 bits per heavy atom. The number of methoxy groups -OCH3 is 1. The van der Waals surface area contributed by atoms with Crippen molar-refractivity contribution in [3.63, 3.8) is 0 Å². The molecule has 0 saturated carbocycles. The molecule has 0 aliphatic rings. The molecule has 2 rings (SSSR count). The highest BCUT2D eigenvalue weighted by Gasteiger charge is 2.16. The first kappa shape index (κ1) is 18.8. The zero-order chi connectivity index (χ0) is 18.4. The number of hydrogen-bond acceptors (Lipinski definition) is 4. The smallest absolute Gasteiger partial charge is 0.342 e. The lowest BCUT2D eigenvalue weighted by Gasteiger charge is -2.15. The number of halogens is 1. The molecule has 1 amide bonds. The molecule has 0 aromatic heterocycles. The third-order valence-corrected chi connectivity index (χ3v) is 3.91. The summed E-state index contributed by atoms with van der Waals surface area (Å²) in [6.45, 7) is 3.49. The first-order chi connectivity index (χ1) is 11.9. The molecule has 132 valence electrons. The molecule has 0 aliphatic carbocycles. The van der Waals surface area contributed by atoms with Gasteiger partial charge in [0, 0.05) is 5.02 Å². The van der Waals surface area contributed by atoms with Gasteiger partial charge in [-0.3, -0.25) is 4.79 Å². The van der Waals surface area contributed by atoms with Gasteiger partial charge in [0.1, 0.15) is 11.3 Å². The molecular formula is C19H20ClNO4. The average Bonchev–Trinajstić information content (AvgIpc) is 2.60. The molecule has 1 atom stereocenters. The van der Waals surface area contributed by atoms with Crippen LogP contribution in [0.5, 0.6) is 5.75 Å². The summed E-state index contributed by atoms with van der Waals surface area (Å²) in [5.74, 6) is -0.730. The molecule has 6 heteroatoms. The Labute approximate surface area is 151 Å². The van der Waals surface area contributed by atoms with Crippen LogP contribution in [-0.4, -0.2) is 25.6 Å². The molecule has 5 nitrogen and oxygen atoms in total. The van der Waals surface area contributed by atoms with Crippen LogP contribution in [0.2, 0.25) is 5.02 Å². The molecule has 0 aliphatic heterocycles. The maximum absolute atomic E-state index is 12.1. The Hall–Kier alpha value is -2.53. The number of carbonyl (C=O) groups is 2. The highest BCUT2D eigenvalue weighted by Crippen LogP contribution is 2.23. The summed E-state index contributed by atoms with van der Waals surface area (Å²) in [7, 11) is 1.43. The van der Waals surface area contributed by atoms with Gasteiger partial charge in [-0.1, -0.05) is 41.4 Å². The zero-order valence-electron chi connectivity index (χ0n) is 14.3. The fraction of sp³-hybridized carbons (Fsp3) is 0.263. The van der Waals surface area contributed by atoms with E-state index in [1.165, 1.54) is 19.2 Å². The highest BCUT2D eigenvalue weighted by atomic mass is 35.5. The van der Waals surface area contributed by atoms with Crippen molar-refractivity contribution < 1.29 is 19.1 Å². The van der Waals surface area contributed by atoms with Gasteiger partial charge in [-0.15, -0.1) is 0 Å². The lowest BCUT2D eigenvalue weighted by Crippen LogP contribution is -2.31. The van der Waals surface area contributed by atoms with Crippen LogP contribution in [-0.2, 0) is 9.53 Å². The molecule has 0 radical (unpaired) electrons. The Morgan fingerprint density at radius 2 is 1.84 bits per heavy atom. The SMILES string of the molecule is COc1cc(Cl)ccc1C(=O)OCC(=O)NC(C)c1ccc(C)cc1. The van der Waals surface area contributed by atoms with Crippen molar-refractivity contribution in [3.05, 3.63) is 64.2 Å². The Bertz CT molecular complexity index is 759. The summed E-state index contributed by atoms with van der Waals surface area (Å²) in [5.41, 5.74) is 2.34. The van der Waals surface area contributed by atoms with E-state index in [-0.39, 0.29) is 24.1 Å². The van der Waals surface area contributed by atoms with Crippen molar-refractivity contribution in [2.24, 2.45) is 0 Å². The van der Waals surface area contributed by atoms with Gasteiger partial charge >= 0.3 is 5.97 Å². The highest BCUT2D eigenvalue weighted by molar-refractivity contribution is 6.30. The van der Waals surface area contributed by atoms with E-state index in [1.807, 2.05) is 38.1 Å². The van der Waals surface area contributed by atoms with E-state index in [0.29, 0.717) is 10.8 Å². The summed E-state index contributed by atoms with van der Waals surface area (Å²) in [6.07, 6.45) is 0. The number of esters is 1. The average molecular weight is 362 g/mol. The summed E-state index contributed by atoms with van der Waals surface area (Å²) in [5, 5.41) is 3.23. The van der Waals surface area contributed by atoms with Crippen LogP contribution in [0.3, 0.4) is 0 Å². The topological polar surface area (TPSA) is 64.6 Å². The van der Waals surface area contributed by atoms with Gasteiger partial charge in [0.05, 0.1) is 13.2 Å². The molecule has 1 N–H and O–H groups in total. The van der Waals surface area contributed by atoms with Crippen LogP contribution in [0, 0.1) is 6.92 Å². The summed E-state index contributed by atoms with van der Waals surface area (Å²) >= 11 is 5.86. The van der Waals surface area contributed by atoms with E-state index in [9.17, 15) is 9.59 Å². The number of nitrogens with one attached hydrogen (secondary N) is 1. The molecule has 25 heavy (non-hydrogen) atoms. The van der Waals surface area contributed by atoms with E-state index < -0.39 is 5.97 Å².